The molecule has 7 N–H and O–H groups in total. The molecule has 3 heterocycles. The Morgan fingerprint density at radius 1 is 1.31 bits per heavy atom. The van der Waals surface area contributed by atoms with Crippen molar-refractivity contribution in [2.75, 3.05) is 43.4 Å². The zero-order chi connectivity index (χ0) is 21.1. The van der Waals surface area contributed by atoms with Crippen LogP contribution in [0.5, 0.6) is 0 Å². The van der Waals surface area contributed by atoms with Crippen LogP contribution in [0.1, 0.15) is 35.0 Å². The molecule has 9 nitrogen and oxygen atoms in total. The van der Waals surface area contributed by atoms with Gasteiger partial charge in [0.05, 0.1) is 11.7 Å². The molecule has 0 radical (unpaired) electrons. The Balaban J connectivity index is 1.84. The summed E-state index contributed by atoms with van der Waals surface area (Å²) < 4.78 is 0. The van der Waals surface area contributed by atoms with Crippen LogP contribution in [0.4, 0.5) is 11.5 Å². The summed E-state index contributed by atoms with van der Waals surface area (Å²) in [5.41, 5.74) is 18.9. The van der Waals surface area contributed by atoms with Gasteiger partial charge in [-0.25, -0.2) is 4.98 Å². The Morgan fingerprint density at radius 2 is 2.00 bits per heavy atom. The van der Waals surface area contributed by atoms with Crippen LogP contribution in [0.2, 0.25) is 0 Å². The van der Waals surface area contributed by atoms with Crippen molar-refractivity contribution in [2.45, 2.75) is 32.2 Å². The second-order valence-electron chi connectivity index (χ2n) is 7.21. The normalized spacial score (nSPS) is 15.7. The number of carbonyl (C=O) groups excluding carboxylic acids is 2. The largest absolute Gasteiger partial charge is 0.397 e. The van der Waals surface area contributed by atoms with Gasteiger partial charge in [-0.2, -0.15) is 0 Å². The highest BCUT2D eigenvalue weighted by molar-refractivity contribution is 7.21. The number of anilines is 2. The smallest absolute Gasteiger partial charge is 0.260 e. The van der Waals surface area contributed by atoms with Gasteiger partial charge in [0.1, 0.15) is 15.5 Å². The molecule has 1 aliphatic rings. The second-order valence-corrected chi connectivity index (χ2v) is 8.21. The standard InChI is InChI=1S/C19H28N6O3S/c1-2-3-11-10-13(23-18-14(11)15(21)16(29-18)17(22)27)24-5-7-25(8-6-24)19(28)12(20)4-9-26/h10,12,26H,2-9,20-21H2,1H3,(H2,22,27)/t12-/m0/s1. The molecule has 0 bridgehead atoms. The number of hydrogen-bond donors (Lipinski definition) is 4. The predicted molar refractivity (Wildman–Crippen MR) is 115 cm³/mol. The molecule has 1 saturated heterocycles. The monoisotopic (exact) mass is 420 g/mol. The van der Waals surface area contributed by atoms with E-state index in [0.717, 1.165) is 29.6 Å². The van der Waals surface area contributed by atoms with Crippen molar-refractivity contribution < 1.29 is 14.7 Å². The summed E-state index contributed by atoms with van der Waals surface area (Å²) in [6.45, 7) is 4.33. The summed E-state index contributed by atoms with van der Waals surface area (Å²) in [5.74, 6) is 0.136. The Bertz CT molecular complexity index is 907. The number of fused-ring (bicyclic) bond motifs is 1. The van der Waals surface area contributed by atoms with Crippen molar-refractivity contribution in [1.29, 1.82) is 0 Å². The van der Waals surface area contributed by atoms with Gasteiger partial charge in [0.2, 0.25) is 5.91 Å². The first kappa shape index (κ1) is 21.3. The van der Waals surface area contributed by atoms with Crippen LogP contribution in [0.3, 0.4) is 0 Å². The van der Waals surface area contributed by atoms with Crippen LogP contribution in [0.25, 0.3) is 10.2 Å². The molecule has 0 spiro atoms. The molecule has 10 heteroatoms. The minimum Gasteiger partial charge on any atom is -0.397 e. The predicted octanol–water partition coefficient (Wildman–Crippen LogP) is 0.288. The fourth-order valence-electron chi connectivity index (χ4n) is 3.65. The lowest BCUT2D eigenvalue weighted by Crippen LogP contribution is -2.53. The van der Waals surface area contributed by atoms with Crippen LogP contribution in [-0.4, -0.2) is 65.6 Å². The highest BCUT2D eigenvalue weighted by atomic mass is 32.1. The Hall–Kier alpha value is -2.43. The summed E-state index contributed by atoms with van der Waals surface area (Å²) in [6.07, 6.45) is 2.02. The van der Waals surface area contributed by atoms with Crippen LogP contribution in [0.15, 0.2) is 6.07 Å². The van der Waals surface area contributed by atoms with Gasteiger partial charge in [-0.1, -0.05) is 13.3 Å². The molecule has 0 aromatic carbocycles. The van der Waals surface area contributed by atoms with Gasteiger partial charge in [0.15, 0.2) is 0 Å². The van der Waals surface area contributed by atoms with E-state index >= 15 is 0 Å². The van der Waals surface area contributed by atoms with E-state index in [1.807, 2.05) is 6.07 Å². The van der Waals surface area contributed by atoms with Crippen LogP contribution >= 0.6 is 11.3 Å². The number of nitrogens with zero attached hydrogens (tertiary/aromatic N) is 3. The van der Waals surface area contributed by atoms with Crippen LogP contribution in [0, 0.1) is 0 Å². The van der Waals surface area contributed by atoms with Crippen molar-refractivity contribution in [3.05, 3.63) is 16.5 Å². The van der Waals surface area contributed by atoms with Crippen molar-refractivity contribution in [3.8, 4) is 0 Å². The number of primary amides is 1. The molecular weight excluding hydrogens is 392 g/mol. The zero-order valence-electron chi connectivity index (χ0n) is 16.6. The van der Waals surface area contributed by atoms with Crippen LogP contribution in [-0.2, 0) is 11.2 Å². The third-order valence-corrected chi connectivity index (χ3v) is 6.30. The third-order valence-electron chi connectivity index (χ3n) is 5.18. The number of aromatic nitrogens is 1. The highest BCUT2D eigenvalue weighted by Crippen LogP contribution is 2.37. The van der Waals surface area contributed by atoms with Gasteiger partial charge in [-0.15, -0.1) is 11.3 Å². The lowest BCUT2D eigenvalue weighted by atomic mass is 10.1. The zero-order valence-corrected chi connectivity index (χ0v) is 17.4. The number of rotatable bonds is 7. The van der Waals surface area contributed by atoms with E-state index in [1.165, 1.54) is 11.3 Å². The number of thiophene rings is 1. The Kier molecular flexibility index (Phi) is 6.56. The maximum absolute atomic E-state index is 12.3. The minimum atomic E-state index is -0.668. The summed E-state index contributed by atoms with van der Waals surface area (Å²) in [5, 5.41) is 9.80. The van der Waals surface area contributed by atoms with Crippen LogP contribution < -0.4 is 22.1 Å². The quantitative estimate of drug-likeness (QED) is 0.502. The van der Waals surface area contributed by atoms with E-state index in [-0.39, 0.29) is 18.9 Å². The van der Waals surface area contributed by atoms with Gasteiger partial charge < -0.3 is 32.1 Å². The lowest BCUT2D eigenvalue weighted by molar-refractivity contribution is -0.133. The Labute approximate surface area is 173 Å². The number of nitrogens with two attached hydrogens (primary N) is 3. The average molecular weight is 421 g/mol. The number of amides is 2. The van der Waals surface area contributed by atoms with E-state index in [4.69, 9.17) is 27.3 Å². The maximum Gasteiger partial charge on any atom is 0.260 e. The molecule has 158 valence electrons. The molecule has 29 heavy (non-hydrogen) atoms. The summed E-state index contributed by atoms with van der Waals surface area (Å²) in [4.78, 5) is 33.7. The van der Waals surface area contributed by atoms with E-state index in [1.54, 1.807) is 4.90 Å². The van der Waals surface area contributed by atoms with Gasteiger partial charge in [0, 0.05) is 38.2 Å². The molecule has 0 unspecified atom stereocenters. The topological polar surface area (TPSA) is 152 Å². The van der Waals surface area contributed by atoms with Crippen molar-refractivity contribution in [2.24, 2.45) is 11.5 Å². The Morgan fingerprint density at radius 3 is 2.59 bits per heavy atom. The highest BCUT2D eigenvalue weighted by Gasteiger charge is 2.26. The molecule has 0 aliphatic carbocycles. The number of piperazine rings is 1. The summed E-state index contributed by atoms with van der Waals surface area (Å²) in [6, 6.07) is 1.35. The molecule has 1 atom stereocenters. The number of nitrogen functional groups attached to an aromatic ring is 1. The van der Waals surface area contributed by atoms with E-state index in [2.05, 4.69) is 11.8 Å². The first-order valence-electron chi connectivity index (χ1n) is 9.79. The molecule has 1 fully saturated rings. The SMILES string of the molecule is CCCc1cc(N2CCN(C(=O)[C@@H](N)CCO)CC2)nc2sc(C(N)=O)c(N)c12. The fraction of sp³-hybridized carbons (Fsp3) is 0.526. The first-order valence-corrected chi connectivity index (χ1v) is 10.6. The summed E-state index contributed by atoms with van der Waals surface area (Å²) >= 11 is 1.22. The number of pyridine rings is 1. The van der Waals surface area contributed by atoms with Crippen molar-refractivity contribution in [1.82, 2.24) is 9.88 Å². The van der Waals surface area contributed by atoms with E-state index < -0.39 is 11.9 Å². The number of aryl methyl sites for hydroxylation is 1. The van der Waals surface area contributed by atoms with Gasteiger partial charge in [-0.05, 0) is 24.5 Å². The molecule has 0 saturated carbocycles. The second kappa shape index (κ2) is 8.93. The fourth-order valence-corrected chi connectivity index (χ4v) is 4.64. The molecule has 1 aliphatic heterocycles. The number of aliphatic hydroxyl groups excluding tert-OH is 1. The number of aliphatic hydroxyl groups is 1. The van der Waals surface area contributed by atoms with Gasteiger partial charge in [-0.3, -0.25) is 9.59 Å². The number of hydrogen-bond acceptors (Lipinski definition) is 8. The molecule has 2 amide bonds. The van der Waals surface area contributed by atoms with Gasteiger partial charge >= 0.3 is 0 Å². The summed E-state index contributed by atoms with van der Waals surface area (Å²) in [7, 11) is 0. The lowest BCUT2D eigenvalue weighted by Gasteiger charge is -2.36. The number of carbonyl (C=O) groups is 2. The van der Waals surface area contributed by atoms with E-state index in [9.17, 15) is 9.59 Å². The first-order chi connectivity index (χ1) is 13.9. The van der Waals surface area contributed by atoms with Crippen molar-refractivity contribution >= 4 is 44.9 Å². The van der Waals surface area contributed by atoms with Gasteiger partial charge in [0.25, 0.3) is 5.91 Å². The molecule has 2 aromatic heterocycles. The minimum absolute atomic E-state index is 0.103. The van der Waals surface area contributed by atoms with E-state index in [0.29, 0.717) is 41.6 Å². The molecule has 3 rings (SSSR count). The third kappa shape index (κ3) is 4.29. The van der Waals surface area contributed by atoms with Crippen molar-refractivity contribution in [3.63, 3.8) is 0 Å². The average Bonchev–Trinajstić information content (AvgIpc) is 3.05. The maximum atomic E-state index is 12.3. The molecule has 2 aromatic rings. The molecular formula is C19H28N6O3S.